The Morgan fingerprint density at radius 1 is 0.882 bits per heavy atom. The van der Waals surface area contributed by atoms with Crippen LogP contribution in [0.5, 0.6) is 0 Å². The van der Waals surface area contributed by atoms with Gasteiger partial charge in [0.05, 0.1) is 0 Å². The zero-order chi connectivity index (χ0) is 12.5. The minimum Gasteiger partial charge on any atom is -0.195 e. The van der Waals surface area contributed by atoms with E-state index in [1.165, 1.54) is 0 Å². The number of rotatable bonds is 2. The van der Waals surface area contributed by atoms with Crippen molar-refractivity contribution in [1.82, 2.24) is 8.61 Å². The van der Waals surface area contributed by atoms with Crippen molar-refractivity contribution in [3.8, 4) is 0 Å². The van der Waals surface area contributed by atoms with Gasteiger partial charge in [-0.25, -0.2) is 0 Å². The van der Waals surface area contributed by atoms with Gasteiger partial charge in [0.25, 0.3) is 10.2 Å². The van der Waals surface area contributed by atoms with Crippen LogP contribution in [0.25, 0.3) is 0 Å². The largest absolute Gasteiger partial charge is 0.281 e. The Hall–Kier alpha value is -0.130. The summed E-state index contributed by atoms with van der Waals surface area (Å²) in [4.78, 5) is 0. The Balaban J connectivity index is 2.06. The molecule has 0 spiro atoms. The zero-order valence-corrected chi connectivity index (χ0v) is 11.7. The SMILES string of the molecule is C[C@@H]1CCCN(S(=O)(=O)N2CCC[C@H](C)C2)C1. The molecule has 0 aliphatic carbocycles. The molecular formula is C12H24N2O2S. The van der Waals surface area contributed by atoms with Crippen molar-refractivity contribution < 1.29 is 8.42 Å². The fraction of sp³-hybridized carbons (Fsp3) is 1.00. The molecule has 4 nitrogen and oxygen atoms in total. The van der Waals surface area contributed by atoms with Crippen molar-refractivity contribution in [3.63, 3.8) is 0 Å². The molecular weight excluding hydrogens is 236 g/mol. The van der Waals surface area contributed by atoms with Crippen molar-refractivity contribution in [3.05, 3.63) is 0 Å². The molecule has 2 fully saturated rings. The third-order valence-corrected chi connectivity index (χ3v) is 5.86. The lowest BCUT2D eigenvalue weighted by atomic mass is 10.0. The van der Waals surface area contributed by atoms with Gasteiger partial charge in [-0.3, -0.25) is 0 Å². The Morgan fingerprint density at radius 2 is 1.29 bits per heavy atom. The first kappa shape index (κ1) is 13.3. The molecule has 17 heavy (non-hydrogen) atoms. The zero-order valence-electron chi connectivity index (χ0n) is 10.9. The fourth-order valence-corrected chi connectivity index (χ4v) is 4.81. The van der Waals surface area contributed by atoms with Gasteiger partial charge in [0.1, 0.15) is 0 Å². The summed E-state index contributed by atoms with van der Waals surface area (Å²) in [5.74, 6) is 1.00. The number of hydrogen-bond acceptors (Lipinski definition) is 2. The lowest BCUT2D eigenvalue weighted by Gasteiger charge is -2.37. The Bertz CT molecular complexity index is 328. The number of hydrogen-bond donors (Lipinski definition) is 0. The van der Waals surface area contributed by atoms with Crippen molar-refractivity contribution in [1.29, 1.82) is 0 Å². The Morgan fingerprint density at radius 3 is 1.65 bits per heavy atom. The van der Waals surface area contributed by atoms with Crippen LogP contribution in [0.2, 0.25) is 0 Å². The maximum Gasteiger partial charge on any atom is 0.281 e. The average molecular weight is 260 g/mol. The van der Waals surface area contributed by atoms with Gasteiger partial charge in [-0.05, 0) is 37.5 Å². The van der Waals surface area contributed by atoms with Crippen LogP contribution in [0.1, 0.15) is 39.5 Å². The van der Waals surface area contributed by atoms with E-state index in [4.69, 9.17) is 0 Å². The number of nitrogens with zero attached hydrogens (tertiary/aromatic N) is 2. The standard InChI is InChI=1S/C12H24N2O2S/c1-11-5-3-7-13(9-11)17(15,16)14-8-4-6-12(2)10-14/h11-12H,3-10H2,1-2H3/t11-,12+. The third-order valence-electron chi connectivity index (χ3n) is 3.89. The summed E-state index contributed by atoms with van der Waals surface area (Å²) < 4.78 is 28.4. The second kappa shape index (κ2) is 5.24. The Kier molecular flexibility index (Phi) is 4.10. The average Bonchev–Trinajstić information content (AvgIpc) is 2.29. The van der Waals surface area contributed by atoms with Gasteiger partial charge in [0.15, 0.2) is 0 Å². The van der Waals surface area contributed by atoms with E-state index in [2.05, 4.69) is 13.8 Å². The van der Waals surface area contributed by atoms with E-state index >= 15 is 0 Å². The number of piperidine rings is 2. The first-order valence-corrected chi connectivity index (χ1v) is 8.15. The van der Waals surface area contributed by atoms with E-state index in [1.807, 2.05) is 0 Å². The van der Waals surface area contributed by atoms with Crippen molar-refractivity contribution in [2.45, 2.75) is 39.5 Å². The van der Waals surface area contributed by atoms with Gasteiger partial charge in [-0.15, -0.1) is 0 Å². The molecule has 0 amide bonds. The van der Waals surface area contributed by atoms with E-state index in [-0.39, 0.29) is 0 Å². The van der Waals surface area contributed by atoms with E-state index in [0.29, 0.717) is 38.0 Å². The maximum atomic E-state index is 12.5. The quantitative estimate of drug-likeness (QED) is 0.758. The minimum absolute atomic E-state index is 0.501. The van der Waals surface area contributed by atoms with Crippen molar-refractivity contribution in [2.75, 3.05) is 26.2 Å². The lowest BCUT2D eigenvalue weighted by Crippen LogP contribution is -2.50. The summed E-state index contributed by atoms with van der Waals surface area (Å²) in [5, 5.41) is 0. The maximum absolute atomic E-state index is 12.5. The normalized spacial score (nSPS) is 33.8. The third kappa shape index (κ3) is 3.01. The molecule has 0 N–H and O–H groups in total. The van der Waals surface area contributed by atoms with E-state index in [0.717, 1.165) is 25.7 Å². The van der Waals surface area contributed by atoms with Gasteiger partial charge in [-0.2, -0.15) is 17.0 Å². The summed E-state index contributed by atoms with van der Waals surface area (Å²) in [6.07, 6.45) is 4.32. The molecule has 0 unspecified atom stereocenters. The van der Waals surface area contributed by atoms with Crippen LogP contribution < -0.4 is 0 Å². The molecule has 0 bridgehead atoms. The van der Waals surface area contributed by atoms with E-state index in [1.54, 1.807) is 8.61 Å². The van der Waals surface area contributed by atoms with Gasteiger partial charge >= 0.3 is 0 Å². The summed E-state index contributed by atoms with van der Waals surface area (Å²) in [6.45, 7) is 7.09. The topological polar surface area (TPSA) is 40.6 Å². The summed E-state index contributed by atoms with van der Waals surface area (Å²) in [7, 11) is -3.18. The summed E-state index contributed by atoms with van der Waals surface area (Å²) in [6, 6.07) is 0. The van der Waals surface area contributed by atoms with E-state index in [9.17, 15) is 8.42 Å². The molecule has 5 heteroatoms. The molecule has 2 heterocycles. The predicted molar refractivity (Wildman–Crippen MR) is 68.9 cm³/mol. The van der Waals surface area contributed by atoms with Gasteiger partial charge in [0.2, 0.25) is 0 Å². The van der Waals surface area contributed by atoms with Crippen molar-refractivity contribution >= 4 is 10.2 Å². The second-order valence-electron chi connectivity index (χ2n) is 5.72. The molecule has 100 valence electrons. The van der Waals surface area contributed by atoms with Crippen LogP contribution in [-0.2, 0) is 10.2 Å². The first-order valence-electron chi connectivity index (χ1n) is 6.75. The van der Waals surface area contributed by atoms with Crippen LogP contribution in [0.4, 0.5) is 0 Å². The highest BCUT2D eigenvalue weighted by Gasteiger charge is 2.34. The van der Waals surface area contributed by atoms with Crippen LogP contribution >= 0.6 is 0 Å². The molecule has 0 aromatic carbocycles. The van der Waals surface area contributed by atoms with Crippen LogP contribution in [0.15, 0.2) is 0 Å². The predicted octanol–water partition coefficient (Wildman–Crippen LogP) is 1.70. The first-order chi connectivity index (χ1) is 8.00. The van der Waals surface area contributed by atoms with Gasteiger partial charge < -0.3 is 0 Å². The monoisotopic (exact) mass is 260 g/mol. The van der Waals surface area contributed by atoms with Crippen LogP contribution in [0, 0.1) is 11.8 Å². The van der Waals surface area contributed by atoms with Gasteiger partial charge in [0, 0.05) is 26.2 Å². The molecule has 0 radical (unpaired) electrons. The van der Waals surface area contributed by atoms with E-state index < -0.39 is 10.2 Å². The fourth-order valence-electron chi connectivity index (χ4n) is 2.88. The molecule has 2 aliphatic heterocycles. The molecule has 2 saturated heterocycles. The molecule has 2 rings (SSSR count). The highest BCUT2D eigenvalue weighted by atomic mass is 32.2. The smallest absolute Gasteiger partial charge is 0.195 e. The molecule has 0 aromatic heterocycles. The Labute approximate surface area is 105 Å². The van der Waals surface area contributed by atoms with Crippen molar-refractivity contribution in [2.24, 2.45) is 11.8 Å². The highest BCUT2D eigenvalue weighted by molar-refractivity contribution is 7.86. The van der Waals surface area contributed by atoms with Crippen LogP contribution in [-0.4, -0.2) is 43.2 Å². The highest BCUT2D eigenvalue weighted by Crippen LogP contribution is 2.24. The second-order valence-corrected chi connectivity index (χ2v) is 7.65. The van der Waals surface area contributed by atoms with Crippen LogP contribution in [0.3, 0.4) is 0 Å². The summed E-state index contributed by atoms with van der Waals surface area (Å²) >= 11 is 0. The lowest BCUT2D eigenvalue weighted by molar-refractivity contribution is 0.229. The molecule has 0 saturated carbocycles. The minimum atomic E-state index is -3.18. The molecule has 0 aromatic rings. The molecule has 2 atom stereocenters. The summed E-state index contributed by atoms with van der Waals surface area (Å²) in [5.41, 5.74) is 0. The molecule has 2 aliphatic rings. The van der Waals surface area contributed by atoms with Gasteiger partial charge in [-0.1, -0.05) is 13.8 Å².